The van der Waals surface area contributed by atoms with E-state index in [0.717, 1.165) is 6.07 Å². The molecule has 0 N–H and O–H groups in total. The van der Waals surface area contributed by atoms with E-state index in [9.17, 15) is 19.7 Å². The molecule has 0 radical (unpaired) electrons. The molecule has 148 valence electrons. The number of ether oxygens (including phenoxy) is 2. The molecule has 1 atom stereocenters. The average molecular weight is 386 g/mol. The number of rotatable bonds is 8. The fourth-order valence-corrected chi connectivity index (χ4v) is 2.59. The molecule has 0 saturated heterocycles. The Bertz CT molecular complexity index is 877. The fourth-order valence-electron chi connectivity index (χ4n) is 2.59. The lowest BCUT2D eigenvalue weighted by Crippen LogP contribution is -2.25. The molecule has 0 aliphatic carbocycles. The summed E-state index contributed by atoms with van der Waals surface area (Å²) in [5.74, 6) is -0.552. The number of nitro groups is 1. The Kier molecular flexibility index (Phi) is 6.70. The molecule has 2 rings (SSSR count). The number of carbonyl (C=O) groups is 2. The van der Waals surface area contributed by atoms with E-state index in [1.807, 2.05) is 6.92 Å². The van der Waals surface area contributed by atoms with Crippen molar-refractivity contribution in [2.45, 2.75) is 20.0 Å². The first-order valence-electron chi connectivity index (χ1n) is 8.68. The van der Waals surface area contributed by atoms with Crippen molar-refractivity contribution < 1.29 is 24.0 Å². The molecule has 0 spiro atoms. The van der Waals surface area contributed by atoms with Gasteiger partial charge in [0.2, 0.25) is 5.78 Å². The topological polar surface area (TPSA) is 99.0 Å². The number of esters is 1. The van der Waals surface area contributed by atoms with Gasteiger partial charge in [-0.3, -0.25) is 14.9 Å². The first-order chi connectivity index (χ1) is 13.2. The first kappa shape index (κ1) is 20.9. The Labute approximate surface area is 162 Å². The highest BCUT2D eigenvalue weighted by atomic mass is 16.6. The zero-order chi connectivity index (χ0) is 20.8. The van der Waals surface area contributed by atoms with Crippen LogP contribution in [0.5, 0.6) is 5.75 Å². The standard InChI is InChI=1S/C20H22N2O6/c1-5-27-16-9-6-14(7-10-16)19(23)13(2)28-20(24)17-12-15(22(25)26)8-11-18(17)21(3)4/h6-13H,5H2,1-4H3/t13-/m1/s1. The molecular formula is C20H22N2O6. The molecule has 8 heteroatoms. The second kappa shape index (κ2) is 8.98. The highest BCUT2D eigenvalue weighted by Crippen LogP contribution is 2.25. The number of hydrogen-bond acceptors (Lipinski definition) is 7. The second-order valence-electron chi connectivity index (χ2n) is 6.22. The van der Waals surface area contributed by atoms with Crippen molar-refractivity contribution in [3.63, 3.8) is 0 Å². The van der Waals surface area contributed by atoms with Crippen molar-refractivity contribution in [1.29, 1.82) is 0 Å². The summed E-state index contributed by atoms with van der Waals surface area (Å²) in [6.07, 6.45) is -1.06. The summed E-state index contributed by atoms with van der Waals surface area (Å²) >= 11 is 0. The van der Waals surface area contributed by atoms with Gasteiger partial charge in [-0.25, -0.2) is 4.79 Å². The summed E-state index contributed by atoms with van der Waals surface area (Å²) in [6, 6.07) is 10.4. The van der Waals surface area contributed by atoms with Crippen LogP contribution in [0.2, 0.25) is 0 Å². The Morgan fingerprint density at radius 1 is 1.14 bits per heavy atom. The molecule has 0 saturated carbocycles. The third-order valence-corrected chi connectivity index (χ3v) is 4.00. The van der Waals surface area contributed by atoms with Crippen LogP contribution >= 0.6 is 0 Å². The molecule has 0 fully saturated rings. The average Bonchev–Trinajstić information content (AvgIpc) is 2.67. The zero-order valence-electron chi connectivity index (χ0n) is 16.2. The fraction of sp³-hybridized carbons (Fsp3) is 0.300. The molecule has 0 aromatic heterocycles. The maximum atomic E-state index is 12.6. The lowest BCUT2D eigenvalue weighted by molar-refractivity contribution is -0.384. The predicted octanol–water partition coefficient (Wildman–Crippen LogP) is 3.49. The van der Waals surface area contributed by atoms with Crippen molar-refractivity contribution in [3.8, 4) is 5.75 Å². The van der Waals surface area contributed by atoms with E-state index in [-0.39, 0.29) is 17.0 Å². The molecular weight excluding hydrogens is 364 g/mol. The van der Waals surface area contributed by atoms with Crippen LogP contribution in [0, 0.1) is 10.1 Å². The summed E-state index contributed by atoms with van der Waals surface area (Å²) in [7, 11) is 3.40. The maximum Gasteiger partial charge on any atom is 0.341 e. The molecule has 0 unspecified atom stereocenters. The molecule has 8 nitrogen and oxygen atoms in total. The summed E-state index contributed by atoms with van der Waals surface area (Å²) in [5, 5.41) is 11.0. The number of nitro benzene ring substituents is 1. The lowest BCUT2D eigenvalue weighted by Gasteiger charge is -2.18. The van der Waals surface area contributed by atoms with E-state index < -0.39 is 17.0 Å². The van der Waals surface area contributed by atoms with E-state index >= 15 is 0 Å². The van der Waals surface area contributed by atoms with Gasteiger partial charge < -0.3 is 14.4 Å². The van der Waals surface area contributed by atoms with Crippen LogP contribution in [0.15, 0.2) is 42.5 Å². The summed E-state index contributed by atoms with van der Waals surface area (Å²) < 4.78 is 10.6. The minimum atomic E-state index is -1.06. The summed E-state index contributed by atoms with van der Waals surface area (Å²) in [4.78, 5) is 37.2. The van der Waals surface area contributed by atoms with Gasteiger partial charge in [0.1, 0.15) is 5.75 Å². The van der Waals surface area contributed by atoms with Gasteiger partial charge in [0.05, 0.1) is 22.8 Å². The minimum absolute atomic E-state index is 0.0190. The largest absolute Gasteiger partial charge is 0.494 e. The van der Waals surface area contributed by atoms with Crippen LogP contribution in [0.1, 0.15) is 34.6 Å². The molecule has 0 bridgehead atoms. The monoisotopic (exact) mass is 386 g/mol. The van der Waals surface area contributed by atoms with E-state index in [1.54, 1.807) is 43.3 Å². The number of anilines is 1. The number of hydrogen-bond donors (Lipinski definition) is 0. The minimum Gasteiger partial charge on any atom is -0.494 e. The van der Waals surface area contributed by atoms with Crippen molar-refractivity contribution in [1.82, 2.24) is 0 Å². The van der Waals surface area contributed by atoms with Gasteiger partial charge in [0.25, 0.3) is 5.69 Å². The normalized spacial score (nSPS) is 11.4. The van der Waals surface area contributed by atoms with E-state index in [1.165, 1.54) is 19.1 Å². The van der Waals surface area contributed by atoms with Gasteiger partial charge in [0, 0.05) is 31.8 Å². The third kappa shape index (κ3) is 4.85. The van der Waals surface area contributed by atoms with Crippen LogP contribution in [-0.2, 0) is 4.74 Å². The predicted molar refractivity (Wildman–Crippen MR) is 104 cm³/mol. The van der Waals surface area contributed by atoms with Gasteiger partial charge in [-0.15, -0.1) is 0 Å². The van der Waals surface area contributed by atoms with Gasteiger partial charge in [-0.05, 0) is 44.2 Å². The Morgan fingerprint density at radius 3 is 2.32 bits per heavy atom. The Balaban J connectivity index is 2.20. The molecule has 28 heavy (non-hydrogen) atoms. The zero-order valence-corrected chi connectivity index (χ0v) is 16.2. The van der Waals surface area contributed by atoms with E-state index in [4.69, 9.17) is 9.47 Å². The Morgan fingerprint density at radius 2 is 1.79 bits per heavy atom. The molecule has 0 aliphatic rings. The van der Waals surface area contributed by atoms with Crippen LogP contribution < -0.4 is 9.64 Å². The molecule has 0 heterocycles. The van der Waals surface area contributed by atoms with Gasteiger partial charge in [0.15, 0.2) is 6.10 Å². The summed E-state index contributed by atoms with van der Waals surface area (Å²) in [6.45, 7) is 3.83. The number of ketones is 1. The molecule has 0 amide bonds. The van der Waals surface area contributed by atoms with Gasteiger partial charge >= 0.3 is 5.97 Å². The second-order valence-corrected chi connectivity index (χ2v) is 6.22. The third-order valence-electron chi connectivity index (χ3n) is 4.00. The highest BCUT2D eigenvalue weighted by molar-refractivity contribution is 6.03. The molecule has 2 aromatic rings. The van der Waals surface area contributed by atoms with E-state index in [2.05, 4.69) is 0 Å². The summed E-state index contributed by atoms with van der Waals surface area (Å²) in [5.41, 5.74) is 0.612. The number of non-ortho nitro benzene ring substituents is 1. The molecule has 2 aromatic carbocycles. The van der Waals surface area contributed by atoms with Gasteiger partial charge in [-0.1, -0.05) is 0 Å². The number of Topliss-reactive ketones (excluding diaryl/α,β-unsaturated/α-hetero) is 1. The Hall–Kier alpha value is -3.42. The van der Waals surface area contributed by atoms with Crippen LogP contribution in [0.4, 0.5) is 11.4 Å². The van der Waals surface area contributed by atoms with Gasteiger partial charge in [-0.2, -0.15) is 0 Å². The van der Waals surface area contributed by atoms with Crippen molar-refractivity contribution in [2.75, 3.05) is 25.6 Å². The van der Waals surface area contributed by atoms with Crippen LogP contribution in [0.25, 0.3) is 0 Å². The maximum absolute atomic E-state index is 12.6. The number of carbonyl (C=O) groups excluding carboxylic acids is 2. The smallest absolute Gasteiger partial charge is 0.341 e. The molecule has 0 aliphatic heterocycles. The lowest BCUT2D eigenvalue weighted by atomic mass is 10.1. The van der Waals surface area contributed by atoms with Crippen molar-refractivity contribution in [3.05, 3.63) is 63.7 Å². The first-order valence-corrected chi connectivity index (χ1v) is 8.68. The quantitative estimate of drug-likeness (QED) is 0.296. The number of nitrogens with zero attached hydrogens (tertiary/aromatic N) is 2. The van der Waals surface area contributed by atoms with E-state index in [0.29, 0.717) is 23.6 Å². The highest BCUT2D eigenvalue weighted by Gasteiger charge is 2.24. The van der Waals surface area contributed by atoms with Crippen LogP contribution in [0.3, 0.4) is 0 Å². The number of benzene rings is 2. The SMILES string of the molecule is CCOc1ccc(C(=O)[C@@H](C)OC(=O)c2cc([N+](=O)[O-])ccc2N(C)C)cc1. The van der Waals surface area contributed by atoms with Crippen LogP contribution in [-0.4, -0.2) is 43.5 Å². The van der Waals surface area contributed by atoms with Crippen molar-refractivity contribution in [2.24, 2.45) is 0 Å². The van der Waals surface area contributed by atoms with Crippen molar-refractivity contribution >= 4 is 23.1 Å².